The summed E-state index contributed by atoms with van der Waals surface area (Å²) in [5, 5.41) is 3.92. The van der Waals surface area contributed by atoms with Crippen LogP contribution in [-0.2, 0) is 6.54 Å². The van der Waals surface area contributed by atoms with E-state index < -0.39 is 0 Å². The fraction of sp³-hybridized carbons (Fsp3) is 0.154. The number of furan rings is 1. The molecule has 2 N–H and O–H groups in total. The van der Waals surface area contributed by atoms with Gasteiger partial charge in [-0.15, -0.1) is 0 Å². The van der Waals surface area contributed by atoms with Crippen LogP contribution in [0.4, 0.5) is 0 Å². The largest absolute Gasteiger partial charge is 0.455 e. The van der Waals surface area contributed by atoms with Crippen molar-refractivity contribution in [3.05, 3.63) is 41.8 Å². The standard InChI is InChI=1S/C13H12N4O2/c1-8-3-2-6-15-11(8)12-16-13(19-17-12)10-5-4-9(7-14)18-10/h2-6H,7,14H2,1H3. The highest BCUT2D eigenvalue weighted by Gasteiger charge is 2.15. The molecule has 3 aromatic rings. The SMILES string of the molecule is Cc1cccnc1-c1noc(-c2ccc(CN)o2)n1. The maximum atomic E-state index is 5.49. The van der Waals surface area contributed by atoms with Crippen molar-refractivity contribution in [2.45, 2.75) is 13.5 Å². The molecule has 19 heavy (non-hydrogen) atoms. The fourth-order valence-corrected chi connectivity index (χ4v) is 1.74. The first-order valence-electron chi connectivity index (χ1n) is 5.83. The second-order valence-electron chi connectivity index (χ2n) is 4.06. The Morgan fingerprint density at radius 3 is 2.89 bits per heavy atom. The van der Waals surface area contributed by atoms with Crippen molar-refractivity contribution in [3.8, 4) is 23.2 Å². The highest BCUT2D eigenvalue weighted by Crippen LogP contribution is 2.24. The lowest BCUT2D eigenvalue weighted by atomic mass is 10.2. The lowest BCUT2D eigenvalue weighted by molar-refractivity contribution is 0.412. The molecule has 0 fully saturated rings. The molecule has 0 aliphatic rings. The second-order valence-corrected chi connectivity index (χ2v) is 4.06. The van der Waals surface area contributed by atoms with Crippen LogP contribution >= 0.6 is 0 Å². The zero-order valence-electron chi connectivity index (χ0n) is 10.3. The number of hydrogen-bond donors (Lipinski definition) is 1. The second kappa shape index (κ2) is 4.66. The van der Waals surface area contributed by atoms with Crippen LogP contribution in [-0.4, -0.2) is 15.1 Å². The van der Waals surface area contributed by atoms with Crippen LogP contribution in [0.15, 0.2) is 39.4 Å². The quantitative estimate of drug-likeness (QED) is 0.772. The highest BCUT2D eigenvalue weighted by atomic mass is 16.5. The Labute approximate surface area is 109 Å². The summed E-state index contributed by atoms with van der Waals surface area (Å²) in [7, 11) is 0. The Hall–Kier alpha value is -2.47. The van der Waals surface area contributed by atoms with Gasteiger partial charge in [0.2, 0.25) is 5.82 Å². The van der Waals surface area contributed by atoms with Gasteiger partial charge in [0.1, 0.15) is 11.5 Å². The summed E-state index contributed by atoms with van der Waals surface area (Å²) in [6.45, 7) is 2.28. The van der Waals surface area contributed by atoms with E-state index in [9.17, 15) is 0 Å². The summed E-state index contributed by atoms with van der Waals surface area (Å²) in [5.74, 6) is 1.94. The Morgan fingerprint density at radius 2 is 2.16 bits per heavy atom. The molecule has 0 spiro atoms. The van der Waals surface area contributed by atoms with Crippen molar-refractivity contribution in [1.29, 1.82) is 0 Å². The molecule has 0 aliphatic heterocycles. The molecule has 0 amide bonds. The number of nitrogens with zero attached hydrogens (tertiary/aromatic N) is 3. The minimum atomic E-state index is 0.319. The summed E-state index contributed by atoms with van der Waals surface area (Å²) in [6.07, 6.45) is 1.69. The van der Waals surface area contributed by atoms with Gasteiger partial charge in [0.05, 0.1) is 6.54 Å². The van der Waals surface area contributed by atoms with E-state index in [1.807, 2.05) is 19.1 Å². The molecule has 6 nitrogen and oxygen atoms in total. The van der Waals surface area contributed by atoms with Gasteiger partial charge in [-0.1, -0.05) is 11.2 Å². The van der Waals surface area contributed by atoms with Gasteiger partial charge < -0.3 is 14.7 Å². The number of rotatable bonds is 3. The number of aryl methyl sites for hydroxylation is 1. The highest BCUT2D eigenvalue weighted by molar-refractivity contribution is 5.56. The first-order valence-corrected chi connectivity index (χ1v) is 5.83. The predicted molar refractivity (Wildman–Crippen MR) is 67.9 cm³/mol. The molecule has 3 aromatic heterocycles. The summed E-state index contributed by atoms with van der Waals surface area (Å²) in [5.41, 5.74) is 7.17. The van der Waals surface area contributed by atoms with Gasteiger partial charge in [-0.3, -0.25) is 4.98 Å². The minimum absolute atomic E-state index is 0.319. The number of pyridine rings is 1. The maximum absolute atomic E-state index is 5.49. The molecule has 0 atom stereocenters. The monoisotopic (exact) mass is 256 g/mol. The summed E-state index contributed by atoms with van der Waals surface area (Å²) < 4.78 is 10.6. The molecule has 3 heterocycles. The number of nitrogens with two attached hydrogens (primary N) is 1. The van der Waals surface area contributed by atoms with Crippen LogP contribution in [0, 0.1) is 6.92 Å². The molecule has 0 radical (unpaired) electrons. The lowest BCUT2D eigenvalue weighted by Crippen LogP contribution is -1.92. The summed E-state index contributed by atoms with van der Waals surface area (Å²) in [6, 6.07) is 7.34. The third-order valence-electron chi connectivity index (χ3n) is 2.72. The molecule has 0 aromatic carbocycles. The van der Waals surface area contributed by atoms with Crippen LogP contribution in [0.25, 0.3) is 23.2 Å². The number of aromatic nitrogens is 3. The summed E-state index contributed by atoms with van der Waals surface area (Å²) >= 11 is 0. The minimum Gasteiger partial charge on any atom is -0.455 e. The van der Waals surface area contributed by atoms with Gasteiger partial charge in [0, 0.05) is 6.20 Å². The molecule has 0 saturated heterocycles. The lowest BCUT2D eigenvalue weighted by Gasteiger charge is -1.96. The normalized spacial score (nSPS) is 10.8. The molecular formula is C13H12N4O2. The smallest absolute Gasteiger partial charge is 0.293 e. The molecule has 0 unspecified atom stereocenters. The Kier molecular flexibility index (Phi) is 2.85. The average molecular weight is 256 g/mol. The van der Waals surface area contributed by atoms with Crippen molar-refractivity contribution in [2.75, 3.05) is 0 Å². The van der Waals surface area contributed by atoms with Gasteiger partial charge in [-0.05, 0) is 30.7 Å². The molecular weight excluding hydrogens is 244 g/mol. The zero-order valence-corrected chi connectivity index (χ0v) is 10.3. The first kappa shape index (κ1) is 11.6. The van der Waals surface area contributed by atoms with Crippen LogP contribution in [0.3, 0.4) is 0 Å². The van der Waals surface area contributed by atoms with Crippen LogP contribution in [0.5, 0.6) is 0 Å². The van der Waals surface area contributed by atoms with E-state index >= 15 is 0 Å². The molecule has 0 saturated carbocycles. The van der Waals surface area contributed by atoms with Crippen molar-refractivity contribution < 1.29 is 8.94 Å². The Morgan fingerprint density at radius 1 is 1.26 bits per heavy atom. The fourth-order valence-electron chi connectivity index (χ4n) is 1.74. The van der Waals surface area contributed by atoms with Gasteiger partial charge in [0.25, 0.3) is 5.89 Å². The molecule has 6 heteroatoms. The molecule has 3 rings (SSSR count). The van der Waals surface area contributed by atoms with E-state index in [-0.39, 0.29) is 0 Å². The van der Waals surface area contributed by atoms with Gasteiger partial charge in [0.15, 0.2) is 5.76 Å². The van der Waals surface area contributed by atoms with Crippen molar-refractivity contribution >= 4 is 0 Å². The Bertz CT molecular complexity index is 702. The van der Waals surface area contributed by atoms with Gasteiger partial charge >= 0.3 is 0 Å². The van der Waals surface area contributed by atoms with Crippen molar-refractivity contribution in [2.24, 2.45) is 5.73 Å². The van der Waals surface area contributed by atoms with Gasteiger partial charge in [-0.2, -0.15) is 4.98 Å². The van der Waals surface area contributed by atoms with E-state index in [4.69, 9.17) is 14.7 Å². The van der Waals surface area contributed by atoms with E-state index in [0.717, 1.165) is 5.56 Å². The number of hydrogen-bond acceptors (Lipinski definition) is 6. The van der Waals surface area contributed by atoms with E-state index in [2.05, 4.69) is 15.1 Å². The van der Waals surface area contributed by atoms with E-state index in [1.165, 1.54) is 0 Å². The van der Waals surface area contributed by atoms with Crippen LogP contribution in [0.1, 0.15) is 11.3 Å². The maximum Gasteiger partial charge on any atom is 0.293 e. The third kappa shape index (κ3) is 2.13. The van der Waals surface area contributed by atoms with Gasteiger partial charge in [-0.25, -0.2) is 0 Å². The molecule has 0 bridgehead atoms. The zero-order chi connectivity index (χ0) is 13.2. The van der Waals surface area contributed by atoms with Crippen LogP contribution in [0.2, 0.25) is 0 Å². The third-order valence-corrected chi connectivity index (χ3v) is 2.72. The van der Waals surface area contributed by atoms with Crippen molar-refractivity contribution in [3.63, 3.8) is 0 Å². The topological polar surface area (TPSA) is 91.0 Å². The van der Waals surface area contributed by atoms with E-state index in [1.54, 1.807) is 18.3 Å². The summed E-state index contributed by atoms with van der Waals surface area (Å²) in [4.78, 5) is 8.53. The van der Waals surface area contributed by atoms with Crippen molar-refractivity contribution in [1.82, 2.24) is 15.1 Å². The predicted octanol–water partition coefficient (Wildman–Crippen LogP) is 2.16. The average Bonchev–Trinajstić information content (AvgIpc) is 3.08. The molecule has 0 aliphatic carbocycles. The van der Waals surface area contributed by atoms with E-state index in [0.29, 0.717) is 35.5 Å². The Balaban J connectivity index is 1.97. The molecule has 96 valence electrons. The first-order chi connectivity index (χ1) is 9.28. The van der Waals surface area contributed by atoms with Crippen LogP contribution < -0.4 is 5.73 Å².